The van der Waals surface area contributed by atoms with Gasteiger partial charge in [-0.05, 0) is 37.5 Å². The Balaban J connectivity index is 1.77. The van der Waals surface area contributed by atoms with Crippen molar-refractivity contribution in [2.75, 3.05) is 5.32 Å². The van der Waals surface area contributed by atoms with E-state index in [1.807, 2.05) is 6.07 Å². The fourth-order valence-electron chi connectivity index (χ4n) is 2.65. The molecule has 1 aliphatic rings. The summed E-state index contributed by atoms with van der Waals surface area (Å²) in [4.78, 5) is 16.1. The molecule has 0 aromatic carbocycles. The van der Waals surface area contributed by atoms with Crippen molar-refractivity contribution in [3.63, 3.8) is 0 Å². The number of nitrogens with one attached hydrogen (secondary N) is 1. The van der Waals surface area contributed by atoms with Gasteiger partial charge in [0, 0.05) is 18.2 Å². The average molecular weight is 286 g/mol. The quantitative estimate of drug-likeness (QED) is 0.789. The van der Waals surface area contributed by atoms with Gasteiger partial charge in [0.25, 0.3) is 5.56 Å². The highest BCUT2D eigenvalue weighted by Gasteiger charge is 2.21. The third-order valence-electron chi connectivity index (χ3n) is 3.75. The first-order valence-corrected chi connectivity index (χ1v) is 7.02. The van der Waals surface area contributed by atoms with Crippen LogP contribution in [0, 0.1) is 0 Å². The van der Waals surface area contributed by atoms with Crippen LogP contribution in [-0.4, -0.2) is 26.7 Å². The molecule has 21 heavy (non-hydrogen) atoms. The normalized spacial score (nSPS) is 21.4. The summed E-state index contributed by atoms with van der Waals surface area (Å²) >= 11 is 0. The van der Waals surface area contributed by atoms with Crippen molar-refractivity contribution in [1.82, 2.24) is 9.55 Å². The molecule has 0 saturated heterocycles. The number of hydrogen-bond acceptors (Lipinski definition) is 5. The molecule has 2 heterocycles. The second-order valence-corrected chi connectivity index (χ2v) is 5.41. The molecule has 0 bridgehead atoms. The first-order chi connectivity index (χ1) is 10.1. The SMILES string of the molecule is N[C@H]1CC[C@H](Nc2ccc(-n3cc(O)ccc3=O)cn2)C1. The van der Waals surface area contributed by atoms with E-state index in [1.54, 1.807) is 12.3 Å². The van der Waals surface area contributed by atoms with Crippen LogP contribution in [0.2, 0.25) is 0 Å². The second kappa shape index (κ2) is 5.57. The summed E-state index contributed by atoms with van der Waals surface area (Å²) in [6.07, 6.45) is 6.03. The predicted molar refractivity (Wildman–Crippen MR) is 80.7 cm³/mol. The van der Waals surface area contributed by atoms with Gasteiger partial charge in [-0.25, -0.2) is 4.98 Å². The Morgan fingerprint density at radius 3 is 2.81 bits per heavy atom. The number of hydrogen-bond donors (Lipinski definition) is 3. The van der Waals surface area contributed by atoms with E-state index in [-0.39, 0.29) is 17.4 Å². The van der Waals surface area contributed by atoms with E-state index in [1.165, 1.54) is 22.9 Å². The Bertz CT molecular complexity index is 681. The van der Waals surface area contributed by atoms with Gasteiger partial charge < -0.3 is 16.2 Å². The van der Waals surface area contributed by atoms with Gasteiger partial charge in [0.2, 0.25) is 0 Å². The molecule has 0 amide bonds. The minimum atomic E-state index is -0.211. The van der Waals surface area contributed by atoms with E-state index >= 15 is 0 Å². The summed E-state index contributed by atoms with van der Waals surface area (Å²) in [6.45, 7) is 0. The van der Waals surface area contributed by atoms with Gasteiger partial charge in [0.1, 0.15) is 11.6 Å². The van der Waals surface area contributed by atoms with E-state index < -0.39 is 0 Å². The Hall–Kier alpha value is -2.34. The number of nitrogens with two attached hydrogens (primary N) is 1. The molecule has 6 heteroatoms. The van der Waals surface area contributed by atoms with Crippen LogP contribution in [0.1, 0.15) is 19.3 Å². The maximum atomic E-state index is 11.8. The van der Waals surface area contributed by atoms with Crippen molar-refractivity contribution >= 4 is 5.82 Å². The topological polar surface area (TPSA) is 93.2 Å². The van der Waals surface area contributed by atoms with Gasteiger partial charge in [-0.2, -0.15) is 0 Å². The number of aromatic hydroxyl groups is 1. The van der Waals surface area contributed by atoms with Crippen molar-refractivity contribution < 1.29 is 5.11 Å². The van der Waals surface area contributed by atoms with Gasteiger partial charge in [-0.15, -0.1) is 0 Å². The molecule has 1 aliphatic carbocycles. The molecule has 1 fully saturated rings. The van der Waals surface area contributed by atoms with E-state index in [2.05, 4.69) is 10.3 Å². The second-order valence-electron chi connectivity index (χ2n) is 5.41. The molecule has 0 radical (unpaired) electrons. The first kappa shape index (κ1) is 13.6. The van der Waals surface area contributed by atoms with Crippen LogP contribution >= 0.6 is 0 Å². The summed E-state index contributed by atoms with van der Waals surface area (Å²) in [5.41, 5.74) is 6.29. The molecule has 0 spiro atoms. The Morgan fingerprint density at radius 2 is 2.14 bits per heavy atom. The zero-order chi connectivity index (χ0) is 14.8. The molecular formula is C15H18N4O2. The van der Waals surface area contributed by atoms with Crippen molar-refractivity contribution in [2.45, 2.75) is 31.3 Å². The summed E-state index contributed by atoms with van der Waals surface area (Å²) in [5.74, 6) is 0.808. The summed E-state index contributed by atoms with van der Waals surface area (Å²) in [5, 5.41) is 12.8. The molecule has 0 unspecified atom stereocenters. The Kier molecular flexibility index (Phi) is 3.62. The smallest absolute Gasteiger partial charge is 0.255 e. The van der Waals surface area contributed by atoms with Gasteiger partial charge in [-0.3, -0.25) is 9.36 Å². The van der Waals surface area contributed by atoms with Crippen LogP contribution in [0.3, 0.4) is 0 Å². The maximum Gasteiger partial charge on any atom is 0.255 e. The van der Waals surface area contributed by atoms with Crippen LogP contribution in [0.5, 0.6) is 5.75 Å². The molecule has 2 aromatic rings. The number of anilines is 1. The van der Waals surface area contributed by atoms with Crippen LogP contribution < -0.4 is 16.6 Å². The molecule has 6 nitrogen and oxygen atoms in total. The fourth-order valence-corrected chi connectivity index (χ4v) is 2.65. The van der Waals surface area contributed by atoms with Gasteiger partial charge in [0.05, 0.1) is 18.1 Å². The van der Waals surface area contributed by atoms with Crippen molar-refractivity contribution in [3.05, 3.63) is 47.0 Å². The Morgan fingerprint density at radius 1 is 1.29 bits per heavy atom. The molecular weight excluding hydrogens is 268 g/mol. The lowest BCUT2D eigenvalue weighted by Crippen LogP contribution is -2.21. The number of rotatable bonds is 3. The summed E-state index contributed by atoms with van der Waals surface area (Å²) in [7, 11) is 0. The van der Waals surface area contributed by atoms with Crippen molar-refractivity contribution in [3.8, 4) is 11.4 Å². The zero-order valence-corrected chi connectivity index (χ0v) is 11.6. The minimum absolute atomic E-state index is 0.0387. The Labute approximate surface area is 122 Å². The molecule has 3 rings (SSSR count). The maximum absolute atomic E-state index is 11.8. The molecule has 110 valence electrons. The summed E-state index contributed by atoms with van der Waals surface area (Å²) < 4.78 is 1.36. The summed E-state index contributed by atoms with van der Waals surface area (Å²) in [6, 6.07) is 6.95. The van der Waals surface area contributed by atoms with Crippen LogP contribution in [0.4, 0.5) is 5.82 Å². The molecule has 1 saturated carbocycles. The monoisotopic (exact) mass is 286 g/mol. The van der Waals surface area contributed by atoms with Crippen LogP contribution in [0.15, 0.2) is 41.5 Å². The number of nitrogens with zero attached hydrogens (tertiary/aromatic N) is 2. The lowest BCUT2D eigenvalue weighted by Gasteiger charge is -2.13. The lowest BCUT2D eigenvalue weighted by molar-refractivity contribution is 0.470. The predicted octanol–water partition coefficient (Wildman–Crippen LogP) is 1.23. The molecule has 4 N–H and O–H groups in total. The standard InChI is InChI=1S/C15H18N4O2/c16-10-1-2-11(7-10)18-14-5-3-12(8-17-14)19-9-13(20)4-6-15(19)21/h3-6,8-11,20H,1-2,7,16H2,(H,17,18)/t10-,11-/m0/s1. The molecule has 0 aliphatic heterocycles. The fraction of sp³-hybridized carbons (Fsp3) is 0.333. The van der Waals surface area contributed by atoms with Crippen molar-refractivity contribution in [1.29, 1.82) is 0 Å². The highest BCUT2D eigenvalue weighted by molar-refractivity contribution is 5.42. The van der Waals surface area contributed by atoms with E-state index in [0.29, 0.717) is 11.7 Å². The highest BCUT2D eigenvalue weighted by Crippen LogP contribution is 2.21. The third-order valence-corrected chi connectivity index (χ3v) is 3.75. The van der Waals surface area contributed by atoms with Crippen LogP contribution in [0.25, 0.3) is 5.69 Å². The zero-order valence-electron chi connectivity index (χ0n) is 11.6. The third kappa shape index (κ3) is 3.05. The van der Waals surface area contributed by atoms with E-state index in [0.717, 1.165) is 25.1 Å². The minimum Gasteiger partial charge on any atom is -0.506 e. The van der Waals surface area contributed by atoms with Crippen molar-refractivity contribution in [2.24, 2.45) is 5.73 Å². The van der Waals surface area contributed by atoms with Gasteiger partial charge in [-0.1, -0.05) is 0 Å². The number of aromatic nitrogens is 2. The number of pyridine rings is 2. The average Bonchev–Trinajstić information content (AvgIpc) is 2.88. The lowest BCUT2D eigenvalue weighted by atomic mass is 10.2. The first-order valence-electron chi connectivity index (χ1n) is 7.02. The van der Waals surface area contributed by atoms with Gasteiger partial charge in [0.15, 0.2) is 0 Å². The van der Waals surface area contributed by atoms with E-state index in [9.17, 15) is 9.90 Å². The molecule has 2 atom stereocenters. The highest BCUT2D eigenvalue weighted by atomic mass is 16.3. The van der Waals surface area contributed by atoms with E-state index in [4.69, 9.17) is 5.73 Å². The van der Waals surface area contributed by atoms with Gasteiger partial charge >= 0.3 is 0 Å². The molecule has 2 aromatic heterocycles. The largest absolute Gasteiger partial charge is 0.506 e. The van der Waals surface area contributed by atoms with Crippen LogP contribution in [-0.2, 0) is 0 Å².